The lowest BCUT2D eigenvalue weighted by molar-refractivity contribution is -0.131. The molecule has 1 aliphatic carbocycles. The van der Waals surface area contributed by atoms with Crippen molar-refractivity contribution in [2.75, 3.05) is 0 Å². The van der Waals surface area contributed by atoms with E-state index in [1.165, 1.54) is 0 Å². The Bertz CT molecular complexity index is 951. The van der Waals surface area contributed by atoms with Crippen molar-refractivity contribution < 1.29 is 4.79 Å². The lowest BCUT2D eigenvalue weighted by Gasteiger charge is -2.29. The summed E-state index contributed by atoms with van der Waals surface area (Å²) in [5.41, 5.74) is 4.08. The smallest absolute Gasteiger partial charge is 0.240 e. The number of fused-ring (bicyclic) bond motifs is 1. The first-order chi connectivity index (χ1) is 13.1. The first-order valence-corrected chi connectivity index (χ1v) is 9.90. The van der Waals surface area contributed by atoms with Crippen LogP contribution in [0.3, 0.4) is 0 Å². The molecule has 27 heavy (non-hydrogen) atoms. The minimum absolute atomic E-state index is 0.0705. The van der Waals surface area contributed by atoms with E-state index in [1.807, 2.05) is 48.5 Å². The molecule has 0 radical (unpaired) electrons. The number of halogens is 2. The minimum Gasteiger partial charge on any atom is -0.273 e. The summed E-state index contributed by atoms with van der Waals surface area (Å²) >= 11 is 12.8. The van der Waals surface area contributed by atoms with Crippen molar-refractivity contribution in [1.29, 1.82) is 0 Å². The average molecular weight is 399 g/mol. The number of carbonyl (C=O) groups excluding carboxylic acids is 1. The summed E-state index contributed by atoms with van der Waals surface area (Å²) in [6, 6.07) is 15.4. The molecule has 0 saturated heterocycles. The first kappa shape index (κ1) is 18.3. The maximum atomic E-state index is 12.3. The van der Waals surface area contributed by atoms with E-state index in [9.17, 15) is 4.79 Å². The van der Waals surface area contributed by atoms with Gasteiger partial charge >= 0.3 is 0 Å². The van der Waals surface area contributed by atoms with Crippen LogP contribution >= 0.6 is 23.2 Å². The normalized spacial score (nSPS) is 23.3. The van der Waals surface area contributed by atoms with Crippen LogP contribution in [-0.4, -0.2) is 16.6 Å². The molecule has 5 heteroatoms. The van der Waals surface area contributed by atoms with Crippen LogP contribution in [0.15, 0.2) is 59.2 Å². The Hall–Kier alpha value is -2.10. The van der Waals surface area contributed by atoms with Crippen molar-refractivity contribution in [3.8, 4) is 0 Å². The number of hydrogen-bond acceptors (Lipinski definition) is 2. The van der Waals surface area contributed by atoms with Crippen molar-refractivity contribution >= 4 is 40.9 Å². The van der Waals surface area contributed by atoms with Crippen LogP contribution in [-0.2, 0) is 4.79 Å². The minimum atomic E-state index is -0.152. The number of nitrogens with zero attached hydrogens (tertiary/aromatic N) is 2. The average Bonchev–Trinajstić information content (AvgIpc) is 3.05. The van der Waals surface area contributed by atoms with Crippen LogP contribution in [0.25, 0.3) is 6.08 Å². The number of hydrogen-bond donors (Lipinski definition) is 0. The van der Waals surface area contributed by atoms with Crippen molar-refractivity contribution in [2.24, 2.45) is 11.0 Å². The highest BCUT2D eigenvalue weighted by Crippen LogP contribution is 2.46. The van der Waals surface area contributed by atoms with Crippen LogP contribution in [0.1, 0.15) is 43.4 Å². The van der Waals surface area contributed by atoms with Gasteiger partial charge in [-0.15, -0.1) is 0 Å². The maximum absolute atomic E-state index is 12.3. The highest BCUT2D eigenvalue weighted by Gasteiger charge is 2.43. The van der Waals surface area contributed by atoms with Crippen LogP contribution in [0.4, 0.5) is 0 Å². The van der Waals surface area contributed by atoms with Crippen molar-refractivity contribution in [2.45, 2.75) is 32.2 Å². The van der Waals surface area contributed by atoms with Gasteiger partial charge in [-0.25, -0.2) is 5.01 Å². The van der Waals surface area contributed by atoms with E-state index < -0.39 is 0 Å². The highest BCUT2D eigenvalue weighted by molar-refractivity contribution is 6.32. The third kappa shape index (κ3) is 3.42. The Morgan fingerprint density at radius 2 is 1.81 bits per heavy atom. The maximum Gasteiger partial charge on any atom is 0.240 e. The molecule has 1 saturated carbocycles. The molecule has 1 amide bonds. The number of amides is 1. The SMILES string of the molecule is CC(=O)N1N=C2/C(=C/c3ccccc3Cl)CCC[C@H]2[C@@H]1c1ccccc1Cl. The first-order valence-electron chi connectivity index (χ1n) is 9.14. The molecule has 1 fully saturated rings. The molecule has 1 heterocycles. The lowest BCUT2D eigenvalue weighted by Crippen LogP contribution is -2.30. The summed E-state index contributed by atoms with van der Waals surface area (Å²) in [7, 11) is 0. The molecule has 0 spiro atoms. The lowest BCUT2D eigenvalue weighted by atomic mass is 9.77. The Kier molecular flexibility index (Phi) is 5.07. The van der Waals surface area contributed by atoms with E-state index in [0.717, 1.165) is 46.7 Å². The standard InChI is InChI=1S/C22H20Cl2N2O/c1-14(27)26-22(17-9-3-5-12-20(17)24)18-10-6-8-16(21(18)25-26)13-15-7-2-4-11-19(15)23/h2-5,7,9,11-13,18,22H,6,8,10H2,1H3/b16-13+/t18-,22+/m1/s1. The largest absolute Gasteiger partial charge is 0.273 e. The fraction of sp³-hybridized carbons (Fsp3) is 0.273. The summed E-state index contributed by atoms with van der Waals surface area (Å²) in [5.74, 6) is 0.0789. The monoisotopic (exact) mass is 398 g/mol. The quantitative estimate of drug-likeness (QED) is 0.597. The number of allylic oxidation sites excluding steroid dienone is 1. The molecule has 4 rings (SSSR count). The Balaban J connectivity index is 1.77. The second-order valence-corrected chi connectivity index (χ2v) is 7.82. The summed E-state index contributed by atoms with van der Waals surface area (Å²) in [6.07, 6.45) is 5.08. The zero-order valence-electron chi connectivity index (χ0n) is 15.0. The molecule has 138 valence electrons. The van der Waals surface area contributed by atoms with E-state index >= 15 is 0 Å². The third-order valence-corrected chi connectivity index (χ3v) is 5.97. The summed E-state index contributed by atoms with van der Waals surface area (Å²) < 4.78 is 0. The van der Waals surface area contributed by atoms with Gasteiger partial charge in [0.1, 0.15) is 0 Å². The van der Waals surface area contributed by atoms with Gasteiger partial charge in [0.2, 0.25) is 5.91 Å². The summed E-state index contributed by atoms with van der Waals surface area (Å²) in [6.45, 7) is 1.56. The molecule has 0 unspecified atom stereocenters. The van der Waals surface area contributed by atoms with Gasteiger partial charge in [0.15, 0.2) is 0 Å². The highest BCUT2D eigenvalue weighted by atomic mass is 35.5. The molecule has 2 aromatic carbocycles. The van der Waals surface area contributed by atoms with E-state index in [0.29, 0.717) is 5.02 Å². The predicted octanol–water partition coefficient (Wildman–Crippen LogP) is 6.14. The fourth-order valence-electron chi connectivity index (χ4n) is 4.07. The van der Waals surface area contributed by atoms with Gasteiger partial charge in [-0.1, -0.05) is 59.6 Å². The van der Waals surface area contributed by atoms with Gasteiger partial charge < -0.3 is 0 Å². The van der Waals surface area contributed by atoms with Crippen LogP contribution in [0.2, 0.25) is 10.0 Å². The van der Waals surface area contributed by atoms with Gasteiger partial charge in [0, 0.05) is 22.9 Å². The molecule has 0 bridgehead atoms. The Morgan fingerprint density at radius 3 is 2.52 bits per heavy atom. The molecule has 2 aromatic rings. The molecular weight excluding hydrogens is 379 g/mol. The van der Waals surface area contributed by atoms with Crippen LogP contribution in [0, 0.1) is 5.92 Å². The molecule has 1 aliphatic heterocycles. The third-order valence-electron chi connectivity index (χ3n) is 5.28. The van der Waals surface area contributed by atoms with E-state index in [-0.39, 0.29) is 17.9 Å². The van der Waals surface area contributed by atoms with Crippen molar-refractivity contribution in [1.82, 2.24) is 5.01 Å². The van der Waals surface area contributed by atoms with Crippen LogP contribution < -0.4 is 0 Å². The van der Waals surface area contributed by atoms with Gasteiger partial charge in [-0.3, -0.25) is 4.79 Å². The van der Waals surface area contributed by atoms with Gasteiger partial charge in [-0.05, 0) is 54.2 Å². The second-order valence-electron chi connectivity index (χ2n) is 7.00. The van der Waals surface area contributed by atoms with Crippen molar-refractivity contribution in [3.63, 3.8) is 0 Å². The van der Waals surface area contributed by atoms with E-state index in [2.05, 4.69) is 6.08 Å². The van der Waals surface area contributed by atoms with E-state index in [4.69, 9.17) is 28.3 Å². The topological polar surface area (TPSA) is 32.7 Å². The zero-order chi connectivity index (χ0) is 19.0. The van der Waals surface area contributed by atoms with Crippen LogP contribution in [0.5, 0.6) is 0 Å². The number of rotatable bonds is 2. The Labute approximate surface area is 169 Å². The van der Waals surface area contributed by atoms with Crippen molar-refractivity contribution in [3.05, 3.63) is 75.3 Å². The number of carbonyl (C=O) groups is 1. The fourth-order valence-corrected chi connectivity index (χ4v) is 4.50. The number of benzene rings is 2. The van der Waals surface area contributed by atoms with E-state index in [1.54, 1.807) is 11.9 Å². The molecule has 3 nitrogen and oxygen atoms in total. The number of hydrazone groups is 1. The molecule has 2 atom stereocenters. The zero-order valence-corrected chi connectivity index (χ0v) is 16.5. The molecular formula is C22H20Cl2N2O. The molecule has 0 N–H and O–H groups in total. The Morgan fingerprint density at radius 1 is 1.11 bits per heavy atom. The molecule has 2 aliphatic rings. The second kappa shape index (κ2) is 7.49. The summed E-state index contributed by atoms with van der Waals surface area (Å²) in [4.78, 5) is 12.3. The molecule has 0 aromatic heterocycles. The van der Waals surface area contributed by atoms with Gasteiger partial charge in [-0.2, -0.15) is 5.10 Å². The van der Waals surface area contributed by atoms with Gasteiger partial charge in [0.25, 0.3) is 0 Å². The summed E-state index contributed by atoms with van der Waals surface area (Å²) in [5, 5.41) is 7.74. The van der Waals surface area contributed by atoms with Gasteiger partial charge in [0.05, 0.1) is 11.8 Å². The predicted molar refractivity (Wildman–Crippen MR) is 111 cm³/mol.